The number of H-pyrrole nitrogens is 1. The average Bonchev–Trinajstić information content (AvgIpc) is 2.95. The Hall–Kier alpha value is -1.52. The van der Waals surface area contributed by atoms with E-state index in [1.807, 2.05) is 18.2 Å². The minimum atomic E-state index is -0.150. The van der Waals surface area contributed by atoms with Crippen molar-refractivity contribution < 1.29 is 4.79 Å². The number of halogens is 2. The normalized spacial score (nSPS) is 19.2. The van der Waals surface area contributed by atoms with E-state index in [1.165, 1.54) is 0 Å². The largest absolute Gasteiger partial charge is 0.295 e. The number of nitrogens with one attached hydrogen (secondary N) is 1. The Balaban J connectivity index is 2.01. The molecule has 0 spiro atoms. The highest BCUT2D eigenvalue weighted by Gasteiger charge is 2.31. The average molecular weight is 296 g/mol. The van der Waals surface area contributed by atoms with E-state index in [4.69, 9.17) is 23.2 Å². The van der Waals surface area contributed by atoms with Crippen molar-refractivity contribution in [3.63, 3.8) is 0 Å². The predicted octanol–water partition coefficient (Wildman–Crippen LogP) is 3.07. The van der Waals surface area contributed by atoms with E-state index >= 15 is 0 Å². The smallest absolute Gasteiger partial charge is 0.229 e. The number of aromatic nitrogens is 2. The summed E-state index contributed by atoms with van der Waals surface area (Å²) >= 11 is 12.0. The molecule has 1 atom stereocenters. The lowest BCUT2D eigenvalue weighted by molar-refractivity contribution is -0.117. The standard InChI is InChI=1S/C13H11Cl2N3O/c14-9-3-1-2-8(4-9)11-6-16-17-13(11)18-7-10(15)5-12(18)19/h1-4,6,10H,5,7H2,(H,16,17). The van der Waals surface area contributed by atoms with Crippen LogP contribution in [0.15, 0.2) is 30.5 Å². The molecule has 1 aliphatic rings. The summed E-state index contributed by atoms with van der Waals surface area (Å²) in [5, 5.41) is 7.39. The van der Waals surface area contributed by atoms with Gasteiger partial charge >= 0.3 is 0 Å². The van der Waals surface area contributed by atoms with Crippen LogP contribution in [-0.2, 0) is 4.79 Å². The first-order valence-electron chi connectivity index (χ1n) is 5.89. The van der Waals surface area contributed by atoms with Crippen LogP contribution < -0.4 is 4.90 Å². The monoisotopic (exact) mass is 295 g/mol. The zero-order valence-electron chi connectivity index (χ0n) is 9.94. The van der Waals surface area contributed by atoms with Gasteiger partial charge in [0.1, 0.15) is 5.82 Å². The molecule has 2 heterocycles. The molecule has 6 heteroatoms. The van der Waals surface area contributed by atoms with Gasteiger partial charge in [0.15, 0.2) is 0 Å². The van der Waals surface area contributed by atoms with Gasteiger partial charge in [-0.3, -0.25) is 14.8 Å². The topological polar surface area (TPSA) is 49.0 Å². The van der Waals surface area contributed by atoms with Crippen LogP contribution >= 0.6 is 23.2 Å². The predicted molar refractivity (Wildman–Crippen MR) is 75.6 cm³/mol. The van der Waals surface area contributed by atoms with Gasteiger partial charge < -0.3 is 0 Å². The molecule has 0 radical (unpaired) electrons. The van der Waals surface area contributed by atoms with Crippen molar-refractivity contribution in [1.29, 1.82) is 0 Å². The van der Waals surface area contributed by atoms with Gasteiger partial charge in [0.05, 0.1) is 11.6 Å². The number of anilines is 1. The van der Waals surface area contributed by atoms with E-state index in [0.29, 0.717) is 23.8 Å². The Morgan fingerprint density at radius 1 is 1.42 bits per heavy atom. The second-order valence-corrected chi connectivity index (χ2v) is 5.50. The summed E-state index contributed by atoms with van der Waals surface area (Å²) in [4.78, 5) is 13.5. The fourth-order valence-electron chi connectivity index (χ4n) is 2.23. The van der Waals surface area contributed by atoms with Gasteiger partial charge in [-0.25, -0.2) is 0 Å². The summed E-state index contributed by atoms with van der Waals surface area (Å²) in [6.07, 6.45) is 2.05. The van der Waals surface area contributed by atoms with E-state index in [-0.39, 0.29) is 11.3 Å². The minimum Gasteiger partial charge on any atom is -0.295 e. The van der Waals surface area contributed by atoms with Crippen LogP contribution in [0.4, 0.5) is 5.82 Å². The highest BCUT2D eigenvalue weighted by atomic mass is 35.5. The fraction of sp³-hybridized carbons (Fsp3) is 0.231. The Morgan fingerprint density at radius 2 is 2.26 bits per heavy atom. The van der Waals surface area contributed by atoms with Crippen molar-refractivity contribution in [2.75, 3.05) is 11.4 Å². The molecule has 2 aromatic rings. The van der Waals surface area contributed by atoms with Gasteiger partial charge in [0, 0.05) is 23.6 Å². The molecule has 1 aromatic heterocycles. The quantitative estimate of drug-likeness (QED) is 0.866. The van der Waals surface area contributed by atoms with Crippen molar-refractivity contribution >= 4 is 34.9 Å². The Morgan fingerprint density at radius 3 is 2.95 bits per heavy atom. The van der Waals surface area contributed by atoms with Crippen LogP contribution in [0.3, 0.4) is 0 Å². The van der Waals surface area contributed by atoms with E-state index < -0.39 is 0 Å². The first-order valence-corrected chi connectivity index (χ1v) is 6.70. The number of hydrogen-bond acceptors (Lipinski definition) is 2. The van der Waals surface area contributed by atoms with Gasteiger partial charge in [-0.15, -0.1) is 11.6 Å². The number of aromatic amines is 1. The van der Waals surface area contributed by atoms with Crippen molar-refractivity contribution in [2.24, 2.45) is 0 Å². The molecule has 3 rings (SSSR count). The number of nitrogens with zero attached hydrogens (tertiary/aromatic N) is 2. The third-order valence-corrected chi connectivity index (χ3v) is 3.63. The molecule has 0 saturated carbocycles. The summed E-state index contributed by atoms with van der Waals surface area (Å²) in [6.45, 7) is 0.496. The molecular formula is C13H11Cl2N3O. The third-order valence-electron chi connectivity index (χ3n) is 3.10. The molecule has 0 aliphatic carbocycles. The molecule has 4 nitrogen and oxygen atoms in total. The molecule has 98 valence electrons. The van der Waals surface area contributed by atoms with E-state index in [1.54, 1.807) is 17.2 Å². The van der Waals surface area contributed by atoms with Gasteiger partial charge in [0.25, 0.3) is 0 Å². The first-order chi connectivity index (χ1) is 9.15. The summed E-state index contributed by atoms with van der Waals surface area (Å²) < 4.78 is 0. The highest BCUT2D eigenvalue weighted by molar-refractivity contribution is 6.30. The van der Waals surface area contributed by atoms with Gasteiger partial charge in [-0.2, -0.15) is 5.10 Å². The summed E-state index contributed by atoms with van der Waals surface area (Å²) in [7, 11) is 0. The SMILES string of the molecule is O=C1CC(Cl)CN1c1[nH]ncc1-c1cccc(Cl)c1. The summed E-state index contributed by atoms with van der Waals surface area (Å²) in [5.41, 5.74) is 1.77. The van der Waals surface area contributed by atoms with Crippen molar-refractivity contribution in [2.45, 2.75) is 11.8 Å². The number of alkyl halides is 1. The van der Waals surface area contributed by atoms with Crippen LogP contribution in [0.5, 0.6) is 0 Å². The Kier molecular flexibility index (Phi) is 3.21. The molecule has 1 amide bonds. The second kappa shape index (κ2) is 4.87. The first kappa shape index (κ1) is 12.5. The van der Waals surface area contributed by atoms with Crippen molar-refractivity contribution in [3.05, 3.63) is 35.5 Å². The minimum absolute atomic E-state index is 0.00697. The number of carbonyl (C=O) groups excluding carboxylic acids is 1. The number of amides is 1. The molecular weight excluding hydrogens is 285 g/mol. The van der Waals surface area contributed by atoms with Gasteiger partial charge in [0.2, 0.25) is 5.91 Å². The summed E-state index contributed by atoms with van der Waals surface area (Å²) in [5.74, 6) is 0.683. The lowest BCUT2D eigenvalue weighted by Gasteiger charge is -2.15. The molecule has 1 aliphatic heterocycles. The van der Waals surface area contributed by atoms with Crippen LogP contribution in [0.25, 0.3) is 11.1 Å². The Labute approximate surface area is 120 Å². The second-order valence-electron chi connectivity index (χ2n) is 4.45. The molecule has 0 bridgehead atoms. The maximum Gasteiger partial charge on any atom is 0.229 e. The number of hydrogen-bond donors (Lipinski definition) is 1. The molecule has 19 heavy (non-hydrogen) atoms. The van der Waals surface area contributed by atoms with Crippen LogP contribution in [0.1, 0.15) is 6.42 Å². The van der Waals surface area contributed by atoms with E-state index in [2.05, 4.69) is 10.2 Å². The molecule has 1 N–H and O–H groups in total. The zero-order chi connectivity index (χ0) is 13.4. The van der Waals surface area contributed by atoms with E-state index in [9.17, 15) is 4.79 Å². The lowest BCUT2D eigenvalue weighted by Crippen LogP contribution is -2.25. The number of rotatable bonds is 2. The third kappa shape index (κ3) is 2.33. The maximum atomic E-state index is 11.9. The molecule has 1 aromatic carbocycles. The zero-order valence-corrected chi connectivity index (χ0v) is 11.4. The summed E-state index contributed by atoms with van der Waals surface area (Å²) in [6, 6.07) is 7.44. The number of benzene rings is 1. The highest BCUT2D eigenvalue weighted by Crippen LogP contribution is 2.33. The van der Waals surface area contributed by atoms with Crippen LogP contribution in [0.2, 0.25) is 5.02 Å². The number of carbonyl (C=O) groups is 1. The molecule has 1 unspecified atom stereocenters. The van der Waals surface area contributed by atoms with Gasteiger partial charge in [-0.05, 0) is 17.7 Å². The van der Waals surface area contributed by atoms with Crippen molar-refractivity contribution in [3.8, 4) is 11.1 Å². The van der Waals surface area contributed by atoms with Crippen LogP contribution in [0, 0.1) is 0 Å². The maximum absolute atomic E-state index is 11.9. The molecule has 1 fully saturated rings. The lowest BCUT2D eigenvalue weighted by atomic mass is 10.1. The Bertz CT molecular complexity index is 626. The van der Waals surface area contributed by atoms with E-state index in [0.717, 1.165) is 11.1 Å². The van der Waals surface area contributed by atoms with Crippen LogP contribution in [-0.4, -0.2) is 28.0 Å². The van der Waals surface area contributed by atoms with Crippen molar-refractivity contribution in [1.82, 2.24) is 10.2 Å². The fourth-order valence-corrected chi connectivity index (χ4v) is 2.69. The molecule has 1 saturated heterocycles. The van der Waals surface area contributed by atoms with Gasteiger partial charge in [-0.1, -0.05) is 23.7 Å².